The van der Waals surface area contributed by atoms with E-state index in [1.165, 1.54) is 17.7 Å². The molecular weight excluding hydrogens is 246 g/mol. The van der Waals surface area contributed by atoms with Gasteiger partial charge in [0.1, 0.15) is 5.78 Å². The van der Waals surface area contributed by atoms with Crippen LogP contribution in [0.15, 0.2) is 18.3 Å². The third kappa shape index (κ3) is 2.19. The molecule has 0 saturated heterocycles. The molecule has 0 aliphatic heterocycles. The van der Waals surface area contributed by atoms with E-state index in [0.717, 1.165) is 25.7 Å². The Balaban J connectivity index is 1.88. The molecular formula is C18H25NO. The number of pyridine rings is 1. The zero-order valence-corrected chi connectivity index (χ0v) is 12.9. The Morgan fingerprint density at radius 3 is 2.75 bits per heavy atom. The SMILES string of the molecule is CC1CCC(C(C)(C)C2CCc3cccnc32)C(=O)C1. The molecule has 2 heteroatoms. The van der Waals surface area contributed by atoms with Crippen LogP contribution >= 0.6 is 0 Å². The molecule has 2 aliphatic rings. The minimum atomic E-state index is 0.0385. The molecule has 3 atom stereocenters. The minimum Gasteiger partial charge on any atom is -0.299 e. The molecule has 2 nitrogen and oxygen atoms in total. The lowest BCUT2D eigenvalue weighted by Gasteiger charge is -2.41. The number of carbonyl (C=O) groups excluding carboxylic acids is 1. The molecule has 1 aromatic rings. The maximum absolute atomic E-state index is 12.5. The molecule has 3 unspecified atom stereocenters. The second kappa shape index (κ2) is 4.98. The molecule has 3 rings (SSSR count). The number of aryl methyl sites for hydroxylation is 1. The van der Waals surface area contributed by atoms with Gasteiger partial charge in [-0.3, -0.25) is 9.78 Å². The highest BCUT2D eigenvalue weighted by atomic mass is 16.1. The lowest BCUT2D eigenvalue weighted by atomic mass is 9.62. The second-order valence-electron chi connectivity index (χ2n) is 7.37. The molecule has 108 valence electrons. The number of Topliss-reactive ketones (excluding diaryl/α,β-unsaturated/α-hetero) is 1. The van der Waals surface area contributed by atoms with Crippen molar-refractivity contribution in [2.75, 3.05) is 0 Å². The summed E-state index contributed by atoms with van der Waals surface area (Å²) in [5.41, 5.74) is 2.68. The van der Waals surface area contributed by atoms with E-state index in [0.29, 0.717) is 17.6 Å². The second-order valence-corrected chi connectivity index (χ2v) is 7.37. The van der Waals surface area contributed by atoms with Crippen molar-refractivity contribution in [3.8, 4) is 0 Å². The number of hydrogen-bond acceptors (Lipinski definition) is 2. The third-order valence-corrected chi connectivity index (χ3v) is 5.64. The fourth-order valence-corrected chi connectivity index (χ4v) is 4.37. The Bertz CT molecular complexity index is 520. The number of nitrogens with zero attached hydrogens (tertiary/aromatic N) is 1. The van der Waals surface area contributed by atoms with Gasteiger partial charge in [0.15, 0.2) is 0 Å². The van der Waals surface area contributed by atoms with E-state index in [2.05, 4.69) is 31.8 Å². The largest absolute Gasteiger partial charge is 0.299 e. The Morgan fingerprint density at radius 1 is 1.20 bits per heavy atom. The summed E-state index contributed by atoms with van der Waals surface area (Å²) in [4.78, 5) is 17.1. The summed E-state index contributed by atoms with van der Waals surface area (Å²) < 4.78 is 0. The molecule has 1 heterocycles. The maximum atomic E-state index is 12.5. The number of carbonyl (C=O) groups is 1. The van der Waals surface area contributed by atoms with Gasteiger partial charge >= 0.3 is 0 Å². The predicted octanol–water partition coefficient (Wildman–Crippen LogP) is 4.14. The van der Waals surface area contributed by atoms with Gasteiger partial charge in [-0.15, -0.1) is 0 Å². The van der Waals surface area contributed by atoms with Crippen LogP contribution < -0.4 is 0 Å². The quantitative estimate of drug-likeness (QED) is 0.809. The normalized spacial score (nSPS) is 30.4. The van der Waals surface area contributed by atoms with Gasteiger partial charge in [-0.2, -0.15) is 0 Å². The van der Waals surface area contributed by atoms with E-state index in [-0.39, 0.29) is 11.3 Å². The summed E-state index contributed by atoms with van der Waals surface area (Å²) in [5, 5.41) is 0. The molecule has 1 fully saturated rings. The standard InChI is InChI=1S/C18H25NO/c1-12-6-8-14(16(20)11-12)18(2,3)15-9-7-13-5-4-10-19-17(13)15/h4-5,10,12,14-15H,6-9,11H2,1-3H3. The number of hydrogen-bond donors (Lipinski definition) is 0. The van der Waals surface area contributed by atoms with E-state index in [4.69, 9.17) is 0 Å². The number of aromatic nitrogens is 1. The molecule has 1 aromatic heterocycles. The highest BCUT2D eigenvalue weighted by Crippen LogP contribution is 2.51. The highest BCUT2D eigenvalue weighted by molar-refractivity contribution is 5.82. The zero-order valence-electron chi connectivity index (χ0n) is 12.9. The van der Waals surface area contributed by atoms with Gasteiger partial charge in [-0.25, -0.2) is 0 Å². The molecule has 0 spiro atoms. The van der Waals surface area contributed by atoms with Crippen LogP contribution in [0, 0.1) is 17.3 Å². The fraction of sp³-hybridized carbons (Fsp3) is 0.667. The zero-order chi connectivity index (χ0) is 14.3. The van der Waals surface area contributed by atoms with Crippen molar-refractivity contribution in [1.29, 1.82) is 0 Å². The van der Waals surface area contributed by atoms with Crippen LogP contribution in [0.2, 0.25) is 0 Å². The van der Waals surface area contributed by atoms with Crippen LogP contribution in [-0.2, 0) is 11.2 Å². The Morgan fingerprint density at radius 2 is 2.00 bits per heavy atom. The van der Waals surface area contributed by atoms with Gasteiger partial charge in [-0.1, -0.05) is 26.8 Å². The molecule has 2 aliphatic carbocycles. The first kappa shape index (κ1) is 13.8. The Kier molecular flexibility index (Phi) is 3.43. The fourth-order valence-electron chi connectivity index (χ4n) is 4.37. The number of fused-ring (bicyclic) bond motifs is 1. The van der Waals surface area contributed by atoms with Crippen molar-refractivity contribution < 1.29 is 4.79 Å². The molecule has 0 aromatic carbocycles. The first-order valence-corrected chi connectivity index (χ1v) is 7.96. The summed E-state index contributed by atoms with van der Waals surface area (Å²) in [7, 11) is 0. The van der Waals surface area contributed by atoms with Gasteiger partial charge < -0.3 is 0 Å². The molecule has 0 amide bonds. The maximum Gasteiger partial charge on any atom is 0.136 e. The molecule has 0 radical (unpaired) electrons. The van der Waals surface area contributed by atoms with Crippen LogP contribution in [-0.4, -0.2) is 10.8 Å². The molecule has 0 bridgehead atoms. The van der Waals surface area contributed by atoms with Gasteiger partial charge in [-0.05, 0) is 48.6 Å². The average Bonchev–Trinajstić information content (AvgIpc) is 2.82. The summed E-state index contributed by atoms with van der Waals surface area (Å²) in [6.07, 6.45) is 7.20. The summed E-state index contributed by atoms with van der Waals surface area (Å²) >= 11 is 0. The minimum absolute atomic E-state index is 0.0385. The van der Waals surface area contributed by atoms with Crippen molar-refractivity contribution in [1.82, 2.24) is 4.98 Å². The average molecular weight is 271 g/mol. The van der Waals surface area contributed by atoms with Crippen LogP contribution in [0.5, 0.6) is 0 Å². The smallest absolute Gasteiger partial charge is 0.136 e. The molecule has 20 heavy (non-hydrogen) atoms. The Hall–Kier alpha value is -1.18. The summed E-state index contributed by atoms with van der Waals surface area (Å²) in [5.74, 6) is 1.72. The van der Waals surface area contributed by atoms with E-state index in [1.807, 2.05) is 12.3 Å². The van der Waals surface area contributed by atoms with Crippen LogP contribution in [0.25, 0.3) is 0 Å². The van der Waals surface area contributed by atoms with E-state index in [9.17, 15) is 4.79 Å². The monoisotopic (exact) mass is 271 g/mol. The lowest BCUT2D eigenvalue weighted by Crippen LogP contribution is -2.39. The van der Waals surface area contributed by atoms with E-state index in [1.54, 1.807) is 0 Å². The van der Waals surface area contributed by atoms with Crippen LogP contribution in [0.4, 0.5) is 0 Å². The number of ketones is 1. The summed E-state index contributed by atoms with van der Waals surface area (Å²) in [6.45, 7) is 6.79. The third-order valence-electron chi connectivity index (χ3n) is 5.64. The highest BCUT2D eigenvalue weighted by Gasteiger charge is 2.45. The van der Waals surface area contributed by atoms with E-state index >= 15 is 0 Å². The van der Waals surface area contributed by atoms with Crippen molar-refractivity contribution >= 4 is 5.78 Å². The topological polar surface area (TPSA) is 30.0 Å². The number of rotatable bonds is 2. The van der Waals surface area contributed by atoms with Crippen LogP contribution in [0.3, 0.4) is 0 Å². The summed E-state index contributed by atoms with van der Waals surface area (Å²) in [6, 6.07) is 4.23. The first-order chi connectivity index (χ1) is 9.50. The lowest BCUT2D eigenvalue weighted by molar-refractivity contribution is -0.130. The van der Waals surface area contributed by atoms with Crippen molar-refractivity contribution in [3.63, 3.8) is 0 Å². The van der Waals surface area contributed by atoms with Gasteiger partial charge in [0.05, 0.1) is 0 Å². The molecule has 1 saturated carbocycles. The van der Waals surface area contributed by atoms with Gasteiger partial charge in [0.25, 0.3) is 0 Å². The van der Waals surface area contributed by atoms with Crippen molar-refractivity contribution in [2.45, 2.75) is 58.8 Å². The van der Waals surface area contributed by atoms with Crippen molar-refractivity contribution in [2.24, 2.45) is 17.3 Å². The predicted molar refractivity (Wildman–Crippen MR) is 80.6 cm³/mol. The molecule has 0 N–H and O–H groups in total. The first-order valence-electron chi connectivity index (χ1n) is 7.96. The van der Waals surface area contributed by atoms with Gasteiger partial charge in [0.2, 0.25) is 0 Å². The Labute approximate surface area is 122 Å². The van der Waals surface area contributed by atoms with E-state index < -0.39 is 0 Å². The van der Waals surface area contributed by atoms with Crippen LogP contribution in [0.1, 0.15) is 63.6 Å². The van der Waals surface area contributed by atoms with Gasteiger partial charge in [0, 0.05) is 30.1 Å². The van der Waals surface area contributed by atoms with Crippen molar-refractivity contribution in [3.05, 3.63) is 29.6 Å².